The number of aryl methyl sites for hydroxylation is 1. The van der Waals surface area contributed by atoms with Crippen LogP contribution in [0.25, 0.3) is 11.0 Å². The highest BCUT2D eigenvalue weighted by Gasteiger charge is 2.13. The van der Waals surface area contributed by atoms with Gasteiger partial charge in [0.1, 0.15) is 11.3 Å². The minimum atomic E-state index is 0.540. The SMILES string of the molecule is N=c1c2cn[nH]c2nc2n1CCCC2. The van der Waals surface area contributed by atoms with Crippen LogP contribution in [0.15, 0.2) is 6.20 Å². The van der Waals surface area contributed by atoms with Gasteiger partial charge in [-0.3, -0.25) is 10.5 Å². The van der Waals surface area contributed by atoms with Crippen molar-refractivity contribution in [3.63, 3.8) is 0 Å². The maximum atomic E-state index is 8.00. The number of H-pyrrole nitrogens is 1. The van der Waals surface area contributed by atoms with Gasteiger partial charge in [-0.15, -0.1) is 0 Å². The molecule has 2 aromatic heterocycles. The summed E-state index contributed by atoms with van der Waals surface area (Å²) in [6.07, 6.45) is 4.97. The molecule has 0 bridgehead atoms. The van der Waals surface area contributed by atoms with Gasteiger partial charge in [0.2, 0.25) is 0 Å². The number of nitrogens with one attached hydrogen (secondary N) is 2. The van der Waals surface area contributed by atoms with Gasteiger partial charge in [0.15, 0.2) is 5.65 Å². The summed E-state index contributed by atoms with van der Waals surface area (Å²) in [4.78, 5) is 4.46. The van der Waals surface area contributed by atoms with Crippen molar-refractivity contribution >= 4 is 11.0 Å². The van der Waals surface area contributed by atoms with E-state index in [1.165, 1.54) is 6.42 Å². The normalized spacial score (nSPS) is 15.7. The van der Waals surface area contributed by atoms with E-state index in [0.29, 0.717) is 5.49 Å². The van der Waals surface area contributed by atoms with Crippen LogP contribution in [0.4, 0.5) is 0 Å². The molecule has 1 aliphatic rings. The number of aromatic amines is 1. The molecule has 0 atom stereocenters. The quantitative estimate of drug-likeness (QED) is 0.636. The molecule has 1 aliphatic heterocycles. The molecule has 0 saturated heterocycles. The van der Waals surface area contributed by atoms with Gasteiger partial charge in [0.25, 0.3) is 0 Å². The average molecular weight is 189 g/mol. The van der Waals surface area contributed by atoms with E-state index in [-0.39, 0.29) is 0 Å². The van der Waals surface area contributed by atoms with Crippen LogP contribution in [0, 0.1) is 5.41 Å². The second-order valence-corrected chi connectivity index (χ2v) is 3.62. The molecule has 2 aromatic rings. The van der Waals surface area contributed by atoms with Gasteiger partial charge in [-0.05, 0) is 12.8 Å². The van der Waals surface area contributed by atoms with Crippen molar-refractivity contribution in [3.8, 4) is 0 Å². The summed E-state index contributed by atoms with van der Waals surface area (Å²) in [6, 6.07) is 0. The summed E-state index contributed by atoms with van der Waals surface area (Å²) in [6.45, 7) is 0.919. The van der Waals surface area contributed by atoms with Gasteiger partial charge in [-0.2, -0.15) is 5.10 Å². The van der Waals surface area contributed by atoms with Crippen LogP contribution in [0.1, 0.15) is 18.7 Å². The number of rotatable bonds is 0. The van der Waals surface area contributed by atoms with Crippen LogP contribution >= 0.6 is 0 Å². The van der Waals surface area contributed by atoms with Crippen molar-refractivity contribution in [2.75, 3.05) is 0 Å². The summed E-state index contributed by atoms with van der Waals surface area (Å²) < 4.78 is 1.99. The molecule has 0 radical (unpaired) electrons. The van der Waals surface area contributed by atoms with Crippen molar-refractivity contribution in [2.45, 2.75) is 25.8 Å². The lowest BCUT2D eigenvalue weighted by Crippen LogP contribution is -2.28. The molecule has 0 aliphatic carbocycles. The molecule has 2 N–H and O–H groups in total. The molecule has 0 fully saturated rings. The zero-order chi connectivity index (χ0) is 9.54. The molecule has 0 saturated carbocycles. The Morgan fingerprint density at radius 3 is 3.29 bits per heavy atom. The molecule has 5 nitrogen and oxygen atoms in total. The van der Waals surface area contributed by atoms with E-state index in [1.807, 2.05) is 4.57 Å². The third kappa shape index (κ3) is 0.921. The van der Waals surface area contributed by atoms with Gasteiger partial charge in [-0.1, -0.05) is 0 Å². The van der Waals surface area contributed by atoms with Gasteiger partial charge in [0.05, 0.1) is 11.6 Å². The van der Waals surface area contributed by atoms with Crippen molar-refractivity contribution in [2.24, 2.45) is 0 Å². The molecule has 72 valence electrons. The first-order valence-corrected chi connectivity index (χ1v) is 4.83. The summed E-state index contributed by atoms with van der Waals surface area (Å²) >= 11 is 0. The molecule has 0 aromatic carbocycles. The minimum Gasteiger partial charge on any atom is -0.314 e. The van der Waals surface area contributed by atoms with Crippen molar-refractivity contribution < 1.29 is 0 Å². The molecule has 0 spiro atoms. The van der Waals surface area contributed by atoms with Gasteiger partial charge >= 0.3 is 0 Å². The highest BCUT2D eigenvalue weighted by molar-refractivity contribution is 5.71. The van der Waals surface area contributed by atoms with Gasteiger partial charge in [-0.25, -0.2) is 4.98 Å². The Morgan fingerprint density at radius 2 is 2.36 bits per heavy atom. The highest BCUT2D eigenvalue weighted by Crippen LogP contribution is 2.12. The van der Waals surface area contributed by atoms with E-state index in [1.54, 1.807) is 6.20 Å². The lowest BCUT2D eigenvalue weighted by molar-refractivity contribution is 0.493. The Morgan fingerprint density at radius 1 is 1.43 bits per heavy atom. The zero-order valence-corrected chi connectivity index (χ0v) is 7.75. The fourth-order valence-corrected chi connectivity index (χ4v) is 1.99. The minimum absolute atomic E-state index is 0.540. The Labute approximate surface area is 80.3 Å². The smallest absolute Gasteiger partial charge is 0.160 e. The molecule has 3 rings (SSSR count). The summed E-state index contributed by atoms with van der Waals surface area (Å²) in [5.74, 6) is 1.01. The Balaban J connectivity index is 2.42. The van der Waals surface area contributed by atoms with E-state index in [9.17, 15) is 0 Å². The van der Waals surface area contributed by atoms with E-state index in [2.05, 4.69) is 15.2 Å². The first-order valence-electron chi connectivity index (χ1n) is 4.83. The largest absolute Gasteiger partial charge is 0.314 e. The Hall–Kier alpha value is -1.65. The molecule has 5 heteroatoms. The van der Waals surface area contributed by atoms with Crippen LogP contribution in [0.3, 0.4) is 0 Å². The number of hydrogen-bond donors (Lipinski definition) is 2. The molecule has 14 heavy (non-hydrogen) atoms. The van der Waals surface area contributed by atoms with Gasteiger partial charge in [0, 0.05) is 13.0 Å². The molecule has 3 heterocycles. The summed E-state index contributed by atoms with van der Waals surface area (Å²) in [5.41, 5.74) is 1.28. The standard InChI is InChI=1S/C9H11N5/c10-8-6-5-11-13-9(6)12-7-3-1-2-4-14(7)8/h5,10H,1-4H2,(H,11,13). The van der Waals surface area contributed by atoms with E-state index in [0.717, 1.165) is 36.2 Å². The first kappa shape index (κ1) is 7.73. The summed E-state index contributed by atoms with van der Waals surface area (Å²) in [5, 5.41) is 15.5. The van der Waals surface area contributed by atoms with E-state index >= 15 is 0 Å². The summed E-state index contributed by atoms with van der Waals surface area (Å²) in [7, 11) is 0. The third-order valence-corrected chi connectivity index (χ3v) is 2.73. The van der Waals surface area contributed by atoms with Crippen molar-refractivity contribution in [1.82, 2.24) is 19.7 Å². The number of fused-ring (bicyclic) bond motifs is 2. The second kappa shape index (κ2) is 2.67. The predicted octanol–water partition coefficient (Wildman–Crippen LogP) is 0.575. The molecular formula is C9H11N5. The maximum absolute atomic E-state index is 8.00. The second-order valence-electron chi connectivity index (χ2n) is 3.62. The first-order chi connectivity index (χ1) is 6.86. The molecule has 0 amide bonds. The third-order valence-electron chi connectivity index (χ3n) is 2.73. The van der Waals surface area contributed by atoms with Crippen molar-refractivity contribution in [3.05, 3.63) is 17.5 Å². The predicted molar refractivity (Wildman–Crippen MR) is 50.7 cm³/mol. The Bertz CT molecular complexity index is 536. The lowest BCUT2D eigenvalue weighted by Gasteiger charge is -2.17. The van der Waals surface area contributed by atoms with E-state index < -0.39 is 0 Å². The zero-order valence-electron chi connectivity index (χ0n) is 7.75. The molecular weight excluding hydrogens is 178 g/mol. The average Bonchev–Trinajstić information content (AvgIpc) is 2.66. The van der Waals surface area contributed by atoms with Crippen LogP contribution in [0.5, 0.6) is 0 Å². The monoisotopic (exact) mass is 189 g/mol. The lowest BCUT2D eigenvalue weighted by atomic mass is 10.1. The number of hydrogen-bond acceptors (Lipinski definition) is 3. The van der Waals surface area contributed by atoms with Crippen LogP contribution in [0.2, 0.25) is 0 Å². The van der Waals surface area contributed by atoms with E-state index in [4.69, 9.17) is 5.41 Å². The maximum Gasteiger partial charge on any atom is 0.160 e. The van der Waals surface area contributed by atoms with Crippen molar-refractivity contribution in [1.29, 1.82) is 5.41 Å². The highest BCUT2D eigenvalue weighted by atomic mass is 15.2. The Kier molecular flexibility index (Phi) is 1.47. The fourth-order valence-electron chi connectivity index (χ4n) is 1.99. The topological polar surface area (TPSA) is 70.3 Å². The van der Waals surface area contributed by atoms with Gasteiger partial charge < -0.3 is 4.57 Å². The molecule has 0 unspecified atom stereocenters. The fraction of sp³-hybridized carbons (Fsp3) is 0.444. The van der Waals surface area contributed by atoms with Crippen LogP contribution < -0.4 is 5.49 Å². The van der Waals surface area contributed by atoms with Crippen LogP contribution in [-0.4, -0.2) is 19.7 Å². The number of aromatic nitrogens is 4. The van der Waals surface area contributed by atoms with Crippen LogP contribution in [-0.2, 0) is 13.0 Å². The number of nitrogens with zero attached hydrogens (tertiary/aromatic N) is 3.